The Kier molecular flexibility index (Phi) is 4.04. The highest BCUT2D eigenvalue weighted by Gasteiger charge is 2.11. The standard InChI is InChI=1S/C13H10Cl2O3S/c1-9-5-6-13(12(14)7-9)18-10-3-2-4-11(8-10)19(15,16)17/h2-8H,1H3. The zero-order valence-electron chi connectivity index (χ0n) is 9.93. The van der Waals surface area contributed by atoms with E-state index in [-0.39, 0.29) is 4.90 Å². The zero-order valence-corrected chi connectivity index (χ0v) is 12.3. The molecule has 0 aliphatic heterocycles. The van der Waals surface area contributed by atoms with Crippen LogP contribution in [0.15, 0.2) is 47.4 Å². The Labute approximate surface area is 121 Å². The lowest BCUT2D eigenvalue weighted by atomic mass is 10.2. The molecule has 2 aromatic rings. The van der Waals surface area contributed by atoms with E-state index in [1.54, 1.807) is 24.3 Å². The zero-order chi connectivity index (χ0) is 14.0. The van der Waals surface area contributed by atoms with E-state index >= 15 is 0 Å². The second kappa shape index (κ2) is 5.41. The molecule has 0 unspecified atom stereocenters. The van der Waals surface area contributed by atoms with E-state index in [1.807, 2.05) is 13.0 Å². The molecule has 2 rings (SSSR count). The van der Waals surface area contributed by atoms with Crippen LogP contribution in [0.25, 0.3) is 0 Å². The summed E-state index contributed by atoms with van der Waals surface area (Å²) in [5.74, 6) is 0.809. The third-order valence-corrected chi connectivity index (χ3v) is 4.05. The van der Waals surface area contributed by atoms with Gasteiger partial charge in [-0.05, 0) is 36.8 Å². The molecule has 0 aliphatic rings. The fourth-order valence-electron chi connectivity index (χ4n) is 1.50. The van der Waals surface area contributed by atoms with Crippen molar-refractivity contribution in [3.63, 3.8) is 0 Å². The Bertz CT molecular complexity index is 712. The van der Waals surface area contributed by atoms with Gasteiger partial charge in [-0.2, -0.15) is 0 Å². The van der Waals surface area contributed by atoms with Crippen molar-refractivity contribution in [3.05, 3.63) is 53.1 Å². The van der Waals surface area contributed by atoms with Gasteiger partial charge in [0.15, 0.2) is 0 Å². The molecule has 0 fully saturated rings. The number of aryl methyl sites for hydroxylation is 1. The molecule has 0 atom stereocenters. The van der Waals surface area contributed by atoms with E-state index in [0.717, 1.165) is 5.56 Å². The molecule has 0 saturated heterocycles. The van der Waals surface area contributed by atoms with Crippen LogP contribution in [-0.2, 0) is 9.05 Å². The van der Waals surface area contributed by atoms with E-state index in [0.29, 0.717) is 16.5 Å². The first-order chi connectivity index (χ1) is 8.86. The van der Waals surface area contributed by atoms with Gasteiger partial charge in [-0.3, -0.25) is 0 Å². The maximum atomic E-state index is 11.2. The minimum absolute atomic E-state index is 0.0186. The molecule has 100 valence electrons. The molecule has 6 heteroatoms. The lowest BCUT2D eigenvalue weighted by Gasteiger charge is -2.08. The molecule has 3 nitrogen and oxygen atoms in total. The normalized spacial score (nSPS) is 11.3. The largest absolute Gasteiger partial charge is 0.456 e. The molecule has 0 spiro atoms. The van der Waals surface area contributed by atoms with Crippen molar-refractivity contribution in [3.8, 4) is 11.5 Å². The number of halogens is 2. The summed E-state index contributed by atoms with van der Waals surface area (Å²) < 4.78 is 28.0. The van der Waals surface area contributed by atoms with E-state index in [2.05, 4.69) is 0 Å². The van der Waals surface area contributed by atoms with Crippen LogP contribution in [0, 0.1) is 6.92 Å². The summed E-state index contributed by atoms with van der Waals surface area (Å²) >= 11 is 6.04. The number of hydrogen-bond acceptors (Lipinski definition) is 3. The van der Waals surface area contributed by atoms with E-state index in [9.17, 15) is 8.42 Å². The van der Waals surface area contributed by atoms with Crippen LogP contribution in [0.2, 0.25) is 5.02 Å². The van der Waals surface area contributed by atoms with Gasteiger partial charge in [0, 0.05) is 16.7 Å². The van der Waals surface area contributed by atoms with E-state index < -0.39 is 9.05 Å². The van der Waals surface area contributed by atoms with Gasteiger partial charge in [0.05, 0.1) is 9.92 Å². The molecule has 19 heavy (non-hydrogen) atoms. The first-order valence-electron chi connectivity index (χ1n) is 5.35. The third-order valence-electron chi connectivity index (χ3n) is 2.40. The van der Waals surface area contributed by atoms with Gasteiger partial charge in [-0.15, -0.1) is 0 Å². The second-order valence-corrected chi connectivity index (χ2v) is 6.92. The van der Waals surface area contributed by atoms with Gasteiger partial charge >= 0.3 is 0 Å². The van der Waals surface area contributed by atoms with E-state index in [4.69, 9.17) is 27.0 Å². The maximum Gasteiger partial charge on any atom is 0.261 e. The van der Waals surface area contributed by atoms with Crippen LogP contribution in [0.4, 0.5) is 0 Å². The van der Waals surface area contributed by atoms with Crippen LogP contribution in [0.1, 0.15) is 5.56 Å². The molecule has 0 saturated carbocycles. The maximum absolute atomic E-state index is 11.2. The molecular weight excluding hydrogens is 307 g/mol. The van der Waals surface area contributed by atoms with Crippen molar-refractivity contribution < 1.29 is 13.2 Å². The number of rotatable bonds is 3. The Hall–Kier alpha value is -1.23. The highest BCUT2D eigenvalue weighted by molar-refractivity contribution is 8.13. The molecule has 0 heterocycles. The number of benzene rings is 2. The van der Waals surface area contributed by atoms with Gasteiger partial charge < -0.3 is 4.74 Å². The summed E-state index contributed by atoms with van der Waals surface area (Å²) in [5, 5.41) is 0.458. The predicted molar refractivity (Wildman–Crippen MR) is 75.7 cm³/mol. The fourth-order valence-corrected chi connectivity index (χ4v) is 2.56. The fraction of sp³-hybridized carbons (Fsp3) is 0.0769. The minimum atomic E-state index is -3.78. The monoisotopic (exact) mass is 316 g/mol. The SMILES string of the molecule is Cc1ccc(Oc2cccc(S(=O)(=O)Cl)c2)c(Cl)c1. The van der Waals surface area contributed by atoms with Crippen molar-refractivity contribution >= 4 is 31.3 Å². The molecule has 0 N–H and O–H groups in total. The van der Waals surface area contributed by atoms with Crippen molar-refractivity contribution in [1.82, 2.24) is 0 Å². The quantitative estimate of drug-likeness (QED) is 0.790. The summed E-state index contributed by atoms with van der Waals surface area (Å²) in [6.45, 7) is 1.91. The third kappa shape index (κ3) is 3.62. The molecule has 0 aliphatic carbocycles. The van der Waals surface area contributed by atoms with Gasteiger partial charge in [0.25, 0.3) is 9.05 Å². The summed E-state index contributed by atoms with van der Waals surface area (Å²) in [7, 11) is 1.50. The van der Waals surface area contributed by atoms with Crippen molar-refractivity contribution in [2.75, 3.05) is 0 Å². The highest BCUT2D eigenvalue weighted by Crippen LogP contribution is 2.31. The minimum Gasteiger partial charge on any atom is -0.456 e. The average molecular weight is 317 g/mol. The summed E-state index contributed by atoms with van der Waals surface area (Å²) in [5.41, 5.74) is 1.01. The molecule has 0 amide bonds. The van der Waals surface area contributed by atoms with Gasteiger partial charge in [0.1, 0.15) is 11.5 Å². The Balaban J connectivity index is 2.34. The topological polar surface area (TPSA) is 43.4 Å². The summed E-state index contributed by atoms with van der Waals surface area (Å²) in [4.78, 5) is -0.0186. The van der Waals surface area contributed by atoms with Crippen LogP contribution in [0.5, 0.6) is 11.5 Å². The van der Waals surface area contributed by atoms with E-state index in [1.165, 1.54) is 12.1 Å². The smallest absolute Gasteiger partial charge is 0.261 e. The van der Waals surface area contributed by atoms with Gasteiger partial charge in [0.2, 0.25) is 0 Å². The number of hydrogen-bond donors (Lipinski definition) is 0. The van der Waals surface area contributed by atoms with Crippen molar-refractivity contribution in [1.29, 1.82) is 0 Å². The molecule has 0 bridgehead atoms. The number of ether oxygens (including phenoxy) is 1. The first kappa shape index (κ1) is 14.2. The molecule has 0 radical (unpaired) electrons. The van der Waals surface area contributed by atoms with Crippen LogP contribution < -0.4 is 4.74 Å². The summed E-state index contributed by atoms with van der Waals surface area (Å²) in [6, 6.07) is 11.3. The van der Waals surface area contributed by atoms with Crippen molar-refractivity contribution in [2.24, 2.45) is 0 Å². The first-order valence-corrected chi connectivity index (χ1v) is 8.04. The highest BCUT2D eigenvalue weighted by atomic mass is 35.7. The van der Waals surface area contributed by atoms with Gasteiger partial charge in [-0.25, -0.2) is 8.42 Å². The molecule has 0 aromatic heterocycles. The van der Waals surface area contributed by atoms with Crippen LogP contribution in [0.3, 0.4) is 0 Å². The van der Waals surface area contributed by atoms with Gasteiger partial charge in [-0.1, -0.05) is 23.7 Å². The lowest BCUT2D eigenvalue weighted by Crippen LogP contribution is -1.92. The average Bonchev–Trinajstić information content (AvgIpc) is 2.32. The second-order valence-electron chi connectivity index (χ2n) is 3.95. The lowest BCUT2D eigenvalue weighted by molar-refractivity contribution is 0.481. The Morgan fingerprint density at radius 3 is 2.47 bits per heavy atom. The molecular formula is C13H10Cl2O3S. The van der Waals surface area contributed by atoms with Crippen molar-refractivity contribution in [2.45, 2.75) is 11.8 Å². The van der Waals surface area contributed by atoms with Crippen LogP contribution in [-0.4, -0.2) is 8.42 Å². The van der Waals surface area contributed by atoms with Crippen LogP contribution >= 0.6 is 22.3 Å². The predicted octanol–water partition coefficient (Wildman–Crippen LogP) is 4.37. The Morgan fingerprint density at radius 2 is 1.84 bits per heavy atom. The summed E-state index contributed by atoms with van der Waals surface area (Å²) in [6.07, 6.45) is 0. The molecule has 2 aromatic carbocycles. The Morgan fingerprint density at radius 1 is 1.11 bits per heavy atom.